The topological polar surface area (TPSA) is 18.5 Å². The van der Waals surface area contributed by atoms with Gasteiger partial charge in [-0.1, -0.05) is 0 Å². The van der Waals surface area contributed by atoms with Crippen LogP contribution in [0.4, 0.5) is 17.6 Å². The summed E-state index contributed by atoms with van der Waals surface area (Å²) in [7, 11) is 3.25. The second kappa shape index (κ2) is 18.0. The molecule has 0 aromatic carbocycles. The molecule has 0 aliphatic carbocycles. The van der Waals surface area contributed by atoms with E-state index < -0.39 is 6.18 Å². The summed E-state index contributed by atoms with van der Waals surface area (Å²) in [5.74, 6) is 0. The summed E-state index contributed by atoms with van der Waals surface area (Å²) < 4.78 is 50.7. The second-order valence-corrected chi connectivity index (χ2v) is 3.13. The average Bonchev–Trinajstić information content (AvgIpc) is 2.20. The van der Waals surface area contributed by atoms with Gasteiger partial charge in [0, 0.05) is 34.4 Å². The van der Waals surface area contributed by atoms with Gasteiger partial charge in [0.05, 0.1) is 6.67 Å². The smallest absolute Gasteiger partial charge is 0.386 e. The highest BCUT2D eigenvalue weighted by atomic mass is 19.4. The van der Waals surface area contributed by atoms with Crippen molar-refractivity contribution >= 4 is 0 Å². The van der Waals surface area contributed by atoms with Crippen molar-refractivity contribution in [2.75, 3.05) is 34.1 Å². The van der Waals surface area contributed by atoms with E-state index in [4.69, 9.17) is 4.74 Å². The molecule has 0 aromatic rings. The summed E-state index contributed by atoms with van der Waals surface area (Å²) >= 11 is 0. The third kappa shape index (κ3) is 91.5. The van der Waals surface area contributed by atoms with Crippen molar-refractivity contribution in [1.29, 1.82) is 0 Å². The van der Waals surface area contributed by atoms with Gasteiger partial charge in [0.25, 0.3) is 0 Å². The van der Waals surface area contributed by atoms with Crippen molar-refractivity contribution in [3.05, 3.63) is 0 Å². The normalized spacial score (nSPS) is 14.1. The Kier molecular flexibility index (Phi) is 23.2. The molecule has 1 aliphatic heterocycles. The van der Waals surface area contributed by atoms with E-state index >= 15 is 0 Å². The molecular weight excluding hydrogens is 240 g/mol. The van der Waals surface area contributed by atoms with Crippen LogP contribution < -0.4 is 0 Å². The fraction of sp³-hybridized carbons (Fsp3) is 1.00. The second-order valence-electron chi connectivity index (χ2n) is 3.13. The summed E-state index contributed by atoms with van der Waals surface area (Å²) in [5, 5.41) is 0. The predicted molar refractivity (Wildman–Crippen MR) is 61.0 cm³/mol. The fourth-order valence-corrected chi connectivity index (χ4v) is 0.687. The van der Waals surface area contributed by atoms with Crippen LogP contribution in [0.5, 0.6) is 0 Å². The van der Waals surface area contributed by atoms with Crippen LogP contribution in [0.15, 0.2) is 0 Å². The number of hydrogen-bond acceptors (Lipinski definition) is 2. The molecule has 2 nitrogen and oxygen atoms in total. The highest BCUT2D eigenvalue weighted by molar-refractivity contribution is 4.45. The molecule has 0 N–H and O–H groups in total. The first-order valence-corrected chi connectivity index (χ1v) is 5.44. The largest absolute Gasteiger partial charge is 0.388 e. The van der Waals surface area contributed by atoms with Crippen LogP contribution in [0.25, 0.3) is 0 Å². The van der Waals surface area contributed by atoms with E-state index in [0.717, 1.165) is 13.2 Å². The molecule has 0 radical (unpaired) electrons. The molecule has 1 saturated heterocycles. The first-order valence-electron chi connectivity index (χ1n) is 5.44. The average molecular weight is 264 g/mol. The predicted octanol–water partition coefficient (Wildman–Crippen LogP) is 3.99. The summed E-state index contributed by atoms with van der Waals surface area (Å²) in [6.07, 6.45) is -0.0694. The van der Waals surface area contributed by atoms with Gasteiger partial charge in [-0.2, -0.15) is 13.2 Å². The number of ether oxygens (including phenoxy) is 2. The number of hydrogen-bond donors (Lipinski definition) is 0. The number of rotatable bonds is 0. The third-order valence-electron chi connectivity index (χ3n) is 1.08. The molecule has 0 unspecified atom stereocenters. The van der Waals surface area contributed by atoms with Crippen LogP contribution in [-0.2, 0) is 9.47 Å². The Balaban J connectivity index is -0.000000163. The van der Waals surface area contributed by atoms with E-state index in [1.54, 1.807) is 14.2 Å². The van der Waals surface area contributed by atoms with Crippen LogP contribution in [0, 0.1) is 0 Å². The zero-order valence-corrected chi connectivity index (χ0v) is 11.1. The van der Waals surface area contributed by atoms with Crippen molar-refractivity contribution < 1.29 is 27.0 Å². The molecule has 1 aliphatic rings. The Hall–Kier alpha value is -0.360. The zero-order valence-electron chi connectivity index (χ0n) is 11.1. The standard InChI is InChI=1S/C5H10O.C2H3F3.C2H5F.C2H6O/c1-2-4-6-5-3-1;1-2(3,4)5;1-2-3;1-3-2/h1-5H2;1H3;2H2,1H3;1-2H3. The van der Waals surface area contributed by atoms with Crippen LogP contribution in [0.2, 0.25) is 0 Å². The van der Waals surface area contributed by atoms with E-state index in [2.05, 4.69) is 4.74 Å². The molecule has 0 aromatic heterocycles. The minimum Gasteiger partial charge on any atom is -0.388 e. The maximum absolute atomic E-state index is 10.4. The quantitative estimate of drug-likeness (QED) is 0.616. The Morgan fingerprint density at radius 3 is 1.35 bits per heavy atom. The molecule has 0 spiro atoms. The number of alkyl halides is 4. The maximum atomic E-state index is 10.4. The SMILES string of the molecule is C1CCOCC1.CC(F)(F)F.CCF.COC. The molecule has 6 heteroatoms. The van der Waals surface area contributed by atoms with Gasteiger partial charge in [-0.15, -0.1) is 0 Å². The monoisotopic (exact) mass is 264 g/mol. The van der Waals surface area contributed by atoms with E-state index in [0.29, 0.717) is 0 Å². The summed E-state index contributed by atoms with van der Waals surface area (Å²) in [6, 6.07) is 0. The minimum absolute atomic E-state index is 0.188. The lowest BCUT2D eigenvalue weighted by molar-refractivity contribution is -0.110. The lowest BCUT2D eigenvalue weighted by Gasteiger charge is -2.08. The lowest BCUT2D eigenvalue weighted by Crippen LogP contribution is -2.03. The molecular formula is C11H24F4O2. The van der Waals surface area contributed by atoms with Gasteiger partial charge in [0.1, 0.15) is 0 Å². The Labute approximate surface area is 101 Å². The molecule has 0 bridgehead atoms. The summed E-state index contributed by atoms with van der Waals surface area (Å²) in [6.45, 7) is 3.40. The molecule has 0 atom stereocenters. The van der Waals surface area contributed by atoms with Crippen LogP contribution in [0.3, 0.4) is 0 Å². The van der Waals surface area contributed by atoms with Crippen LogP contribution in [-0.4, -0.2) is 40.3 Å². The van der Waals surface area contributed by atoms with E-state index in [-0.39, 0.29) is 13.6 Å². The first kappa shape index (κ1) is 21.9. The highest BCUT2D eigenvalue weighted by Crippen LogP contribution is 2.10. The van der Waals surface area contributed by atoms with Gasteiger partial charge in [0.15, 0.2) is 0 Å². The van der Waals surface area contributed by atoms with Crippen LogP contribution in [0.1, 0.15) is 33.1 Å². The number of halogens is 4. The molecule has 17 heavy (non-hydrogen) atoms. The zero-order chi connectivity index (χ0) is 14.2. The lowest BCUT2D eigenvalue weighted by atomic mass is 10.2. The van der Waals surface area contributed by atoms with Gasteiger partial charge in [-0.25, -0.2) is 0 Å². The number of methoxy groups -OCH3 is 1. The van der Waals surface area contributed by atoms with Gasteiger partial charge >= 0.3 is 6.18 Å². The van der Waals surface area contributed by atoms with E-state index in [1.165, 1.54) is 26.2 Å². The van der Waals surface area contributed by atoms with Crippen molar-refractivity contribution in [3.8, 4) is 0 Å². The van der Waals surface area contributed by atoms with Crippen molar-refractivity contribution in [1.82, 2.24) is 0 Å². The molecule has 0 saturated carbocycles. The van der Waals surface area contributed by atoms with Crippen molar-refractivity contribution in [2.45, 2.75) is 39.3 Å². The van der Waals surface area contributed by atoms with Gasteiger partial charge in [-0.05, 0) is 26.2 Å². The highest BCUT2D eigenvalue weighted by Gasteiger charge is 2.15. The fourth-order valence-electron chi connectivity index (χ4n) is 0.687. The molecule has 1 heterocycles. The van der Waals surface area contributed by atoms with E-state index in [1.807, 2.05) is 0 Å². The Bertz CT molecular complexity index is 95.0. The Morgan fingerprint density at radius 1 is 1.06 bits per heavy atom. The van der Waals surface area contributed by atoms with E-state index in [9.17, 15) is 17.6 Å². The van der Waals surface area contributed by atoms with Crippen molar-refractivity contribution in [2.24, 2.45) is 0 Å². The van der Waals surface area contributed by atoms with Gasteiger partial charge in [-0.3, -0.25) is 4.39 Å². The summed E-state index contributed by atoms with van der Waals surface area (Å²) in [4.78, 5) is 0. The van der Waals surface area contributed by atoms with Gasteiger partial charge < -0.3 is 9.47 Å². The Morgan fingerprint density at radius 2 is 1.29 bits per heavy atom. The maximum Gasteiger partial charge on any atom is 0.386 e. The van der Waals surface area contributed by atoms with Gasteiger partial charge in [0.2, 0.25) is 0 Å². The molecule has 0 amide bonds. The summed E-state index contributed by atoms with van der Waals surface area (Å²) in [5.41, 5.74) is 0. The minimum atomic E-state index is -4.00. The molecule has 108 valence electrons. The third-order valence-corrected chi connectivity index (χ3v) is 1.08. The first-order chi connectivity index (χ1) is 7.83. The molecule has 1 fully saturated rings. The van der Waals surface area contributed by atoms with Crippen LogP contribution >= 0.6 is 0 Å². The van der Waals surface area contributed by atoms with Crippen molar-refractivity contribution in [3.63, 3.8) is 0 Å². The molecule has 1 rings (SSSR count).